The number of benzene rings is 2. The highest BCUT2D eigenvalue weighted by atomic mass is 79.9. The van der Waals surface area contributed by atoms with Gasteiger partial charge in [-0.15, -0.1) is 0 Å². The van der Waals surface area contributed by atoms with E-state index < -0.39 is 0 Å². The third kappa shape index (κ3) is 6.32. The molecule has 2 aromatic rings. The largest absolute Gasteiger partial charge is 0.492 e. The summed E-state index contributed by atoms with van der Waals surface area (Å²) in [4.78, 5) is 11.8. The van der Waals surface area contributed by atoms with Crippen LogP contribution in [0.3, 0.4) is 0 Å². The zero-order valence-electron chi connectivity index (χ0n) is 12.9. The summed E-state index contributed by atoms with van der Waals surface area (Å²) in [6, 6.07) is 15.4. The van der Waals surface area contributed by atoms with Gasteiger partial charge in [-0.05, 0) is 58.6 Å². The summed E-state index contributed by atoms with van der Waals surface area (Å²) in [7, 11) is 0. The average molecular weight is 377 g/mol. The number of carbonyl (C=O) groups excluding carboxylic acids is 1. The summed E-state index contributed by atoms with van der Waals surface area (Å²) in [5.74, 6) is 0.854. The zero-order chi connectivity index (χ0) is 16.5. The number of nitrogens with one attached hydrogen (secondary N) is 1. The molecule has 2 rings (SSSR count). The Hall–Kier alpha value is -2.01. The van der Waals surface area contributed by atoms with Crippen molar-refractivity contribution >= 4 is 27.5 Å². The Balaban J connectivity index is 1.58. The lowest BCUT2D eigenvalue weighted by molar-refractivity contribution is -0.121. The van der Waals surface area contributed by atoms with Gasteiger partial charge in [0, 0.05) is 18.7 Å². The van der Waals surface area contributed by atoms with Crippen LogP contribution in [0.15, 0.2) is 53.0 Å². The van der Waals surface area contributed by atoms with Gasteiger partial charge in [-0.1, -0.05) is 24.3 Å². The van der Waals surface area contributed by atoms with Crippen LogP contribution in [0, 0.1) is 0 Å². The highest BCUT2D eigenvalue weighted by Gasteiger charge is 2.03. The van der Waals surface area contributed by atoms with Crippen molar-refractivity contribution in [2.24, 2.45) is 0 Å². The molecule has 0 aliphatic rings. The maximum Gasteiger partial charge on any atom is 0.220 e. The highest BCUT2D eigenvalue weighted by Crippen LogP contribution is 2.23. The molecule has 0 spiro atoms. The van der Waals surface area contributed by atoms with Crippen LogP contribution < -0.4 is 15.8 Å². The maximum absolute atomic E-state index is 11.8. The number of ether oxygens (including phenoxy) is 1. The predicted octanol–water partition coefficient (Wildman–Crippen LogP) is 3.55. The molecule has 3 N–H and O–H groups in total. The van der Waals surface area contributed by atoms with Gasteiger partial charge >= 0.3 is 0 Å². The smallest absolute Gasteiger partial charge is 0.220 e. The molecule has 0 atom stereocenters. The van der Waals surface area contributed by atoms with Crippen LogP contribution >= 0.6 is 15.9 Å². The first kappa shape index (κ1) is 17.3. The lowest BCUT2D eigenvalue weighted by Gasteiger charge is -2.08. The fraction of sp³-hybridized carbons (Fsp3) is 0.278. The minimum atomic E-state index is 0.0520. The lowest BCUT2D eigenvalue weighted by atomic mass is 10.1. The molecular weight excluding hydrogens is 356 g/mol. The Labute approximate surface area is 145 Å². The van der Waals surface area contributed by atoms with Gasteiger partial charge in [0.25, 0.3) is 0 Å². The molecular formula is C18H21BrN2O2. The minimum absolute atomic E-state index is 0.0520. The van der Waals surface area contributed by atoms with E-state index in [4.69, 9.17) is 10.5 Å². The van der Waals surface area contributed by atoms with Gasteiger partial charge < -0.3 is 15.8 Å². The first-order valence-corrected chi connectivity index (χ1v) is 8.43. The van der Waals surface area contributed by atoms with Crippen LogP contribution in [0.2, 0.25) is 0 Å². The van der Waals surface area contributed by atoms with E-state index in [0.717, 1.165) is 27.9 Å². The molecule has 0 aliphatic carbocycles. The van der Waals surface area contributed by atoms with E-state index in [1.54, 1.807) is 0 Å². The van der Waals surface area contributed by atoms with Crippen LogP contribution in [-0.4, -0.2) is 19.1 Å². The Kier molecular flexibility index (Phi) is 6.94. The summed E-state index contributed by atoms with van der Waals surface area (Å²) < 4.78 is 6.56. The minimum Gasteiger partial charge on any atom is -0.492 e. The molecule has 1 amide bonds. The summed E-state index contributed by atoms with van der Waals surface area (Å²) in [5, 5.41) is 2.92. The van der Waals surface area contributed by atoms with E-state index >= 15 is 0 Å². The SMILES string of the molecule is Nc1ccc(CCNC(=O)CCCOc2ccccc2Br)cc1. The number of para-hydroxylation sites is 1. The molecule has 5 heteroatoms. The van der Waals surface area contributed by atoms with Gasteiger partial charge in [0.05, 0.1) is 11.1 Å². The molecule has 0 radical (unpaired) electrons. The molecule has 0 bridgehead atoms. The third-order valence-corrected chi connectivity index (χ3v) is 4.01. The number of rotatable bonds is 8. The fourth-order valence-corrected chi connectivity index (χ4v) is 2.49. The monoisotopic (exact) mass is 376 g/mol. The van der Waals surface area contributed by atoms with Crippen LogP contribution in [0.1, 0.15) is 18.4 Å². The molecule has 122 valence electrons. The van der Waals surface area contributed by atoms with Crippen molar-refractivity contribution in [3.05, 3.63) is 58.6 Å². The molecule has 23 heavy (non-hydrogen) atoms. The van der Waals surface area contributed by atoms with E-state index in [-0.39, 0.29) is 5.91 Å². The van der Waals surface area contributed by atoms with E-state index in [0.29, 0.717) is 26.0 Å². The summed E-state index contributed by atoms with van der Waals surface area (Å²) in [6.45, 7) is 1.15. The topological polar surface area (TPSA) is 64.3 Å². The van der Waals surface area contributed by atoms with Crippen LogP contribution in [0.4, 0.5) is 5.69 Å². The van der Waals surface area contributed by atoms with Gasteiger partial charge in [-0.3, -0.25) is 4.79 Å². The molecule has 0 aliphatic heterocycles. The summed E-state index contributed by atoms with van der Waals surface area (Å²) in [5.41, 5.74) is 7.55. The van der Waals surface area contributed by atoms with Crippen LogP contribution in [-0.2, 0) is 11.2 Å². The highest BCUT2D eigenvalue weighted by molar-refractivity contribution is 9.10. The quantitative estimate of drug-likeness (QED) is 0.546. The second-order valence-electron chi connectivity index (χ2n) is 5.22. The fourth-order valence-electron chi connectivity index (χ4n) is 2.10. The van der Waals surface area contributed by atoms with E-state index in [2.05, 4.69) is 21.2 Å². The number of hydrogen-bond acceptors (Lipinski definition) is 3. The number of nitrogens with two attached hydrogens (primary N) is 1. The molecule has 0 unspecified atom stereocenters. The van der Waals surface area contributed by atoms with Crippen LogP contribution in [0.5, 0.6) is 5.75 Å². The zero-order valence-corrected chi connectivity index (χ0v) is 14.5. The second-order valence-corrected chi connectivity index (χ2v) is 6.08. The van der Waals surface area contributed by atoms with Crippen molar-refractivity contribution in [1.29, 1.82) is 0 Å². The molecule has 2 aromatic carbocycles. The van der Waals surface area contributed by atoms with Gasteiger partial charge in [0.2, 0.25) is 5.91 Å². The van der Waals surface area contributed by atoms with Crippen molar-refractivity contribution in [2.75, 3.05) is 18.9 Å². The number of hydrogen-bond donors (Lipinski definition) is 2. The van der Waals surface area contributed by atoms with Gasteiger partial charge in [0.1, 0.15) is 5.75 Å². The summed E-state index contributed by atoms with van der Waals surface area (Å²) >= 11 is 3.43. The van der Waals surface area contributed by atoms with Crippen molar-refractivity contribution < 1.29 is 9.53 Å². The van der Waals surface area contributed by atoms with E-state index in [9.17, 15) is 4.79 Å². The Bertz CT molecular complexity index is 629. The van der Waals surface area contributed by atoms with Crippen molar-refractivity contribution in [2.45, 2.75) is 19.3 Å². The van der Waals surface area contributed by atoms with Gasteiger partial charge in [-0.2, -0.15) is 0 Å². The molecule has 0 aromatic heterocycles. The van der Waals surface area contributed by atoms with Gasteiger partial charge in [-0.25, -0.2) is 0 Å². The second kappa shape index (κ2) is 9.20. The number of halogens is 1. The first-order chi connectivity index (χ1) is 11.1. The van der Waals surface area contributed by atoms with E-state index in [1.165, 1.54) is 0 Å². The number of nitrogen functional groups attached to an aromatic ring is 1. The van der Waals surface area contributed by atoms with Crippen molar-refractivity contribution in [3.63, 3.8) is 0 Å². The maximum atomic E-state index is 11.8. The molecule has 4 nitrogen and oxygen atoms in total. The molecule has 0 fully saturated rings. The molecule has 0 saturated carbocycles. The lowest BCUT2D eigenvalue weighted by Crippen LogP contribution is -2.25. The summed E-state index contributed by atoms with van der Waals surface area (Å²) in [6.07, 6.45) is 1.96. The predicted molar refractivity (Wildman–Crippen MR) is 96.4 cm³/mol. The third-order valence-electron chi connectivity index (χ3n) is 3.36. The number of amides is 1. The van der Waals surface area contributed by atoms with Gasteiger partial charge in [0.15, 0.2) is 0 Å². The average Bonchev–Trinajstić information content (AvgIpc) is 2.55. The molecule has 0 saturated heterocycles. The Morgan fingerprint density at radius 3 is 2.61 bits per heavy atom. The molecule has 0 heterocycles. The number of carbonyl (C=O) groups is 1. The standard InChI is InChI=1S/C18H21BrN2O2/c19-16-4-1-2-5-17(16)23-13-3-6-18(22)21-12-11-14-7-9-15(20)10-8-14/h1-2,4-5,7-10H,3,6,11-13,20H2,(H,21,22). The Morgan fingerprint density at radius 1 is 1.13 bits per heavy atom. The first-order valence-electron chi connectivity index (χ1n) is 7.63. The number of anilines is 1. The van der Waals surface area contributed by atoms with Crippen molar-refractivity contribution in [1.82, 2.24) is 5.32 Å². The van der Waals surface area contributed by atoms with E-state index in [1.807, 2.05) is 48.5 Å². The van der Waals surface area contributed by atoms with Crippen LogP contribution in [0.25, 0.3) is 0 Å². The Morgan fingerprint density at radius 2 is 1.87 bits per heavy atom. The normalized spacial score (nSPS) is 10.3. The van der Waals surface area contributed by atoms with Crippen molar-refractivity contribution in [3.8, 4) is 5.75 Å².